The lowest BCUT2D eigenvalue weighted by atomic mass is 9.87. The first-order valence-electron chi connectivity index (χ1n) is 10.5. The van der Waals surface area contributed by atoms with Crippen LogP contribution in [0, 0.1) is 0 Å². The van der Waals surface area contributed by atoms with E-state index in [9.17, 15) is 14.4 Å². The van der Waals surface area contributed by atoms with E-state index in [-0.39, 0.29) is 42.3 Å². The molecule has 0 unspecified atom stereocenters. The molecule has 3 rings (SSSR count). The monoisotopic (exact) mass is 400 g/mol. The molecule has 7 nitrogen and oxygen atoms in total. The number of carbonyl (C=O) groups excluding carboxylic acids is 3. The molecular formula is C22H32N4O3. The third-order valence-electron chi connectivity index (χ3n) is 5.67. The molecule has 7 heteroatoms. The van der Waals surface area contributed by atoms with Gasteiger partial charge in [-0.15, -0.1) is 0 Å². The Bertz CT molecular complexity index is 771. The van der Waals surface area contributed by atoms with E-state index in [0.717, 1.165) is 32.1 Å². The number of aliphatic imine (C=N–C) groups is 1. The number of nitrogens with one attached hydrogen (secondary N) is 1. The Labute approximate surface area is 172 Å². The average molecular weight is 401 g/mol. The lowest BCUT2D eigenvalue weighted by Crippen LogP contribution is -2.63. The third kappa shape index (κ3) is 4.77. The van der Waals surface area contributed by atoms with Crippen LogP contribution in [-0.4, -0.2) is 57.0 Å². The summed E-state index contributed by atoms with van der Waals surface area (Å²) in [7, 11) is 0. The fourth-order valence-corrected chi connectivity index (χ4v) is 4.35. The maximum absolute atomic E-state index is 13.9. The van der Waals surface area contributed by atoms with Gasteiger partial charge in [0.15, 0.2) is 0 Å². The lowest BCUT2D eigenvalue weighted by Gasteiger charge is -2.46. The molecule has 1 aliphatic carbocycles. The zero-order valence-corrected chi connectivity index (χ0v) is 17.9. The molecule has 1 fully saturated rings. The first kappa shape index (κ1) is 21.3. The van der Waals surface area contributed by atoms with Gasteiger partial charge in [0.05, 0.1) is 13.0 Å². The quantitative estimate of drug-likeness (QED) is 0.786. The van der Waals surface area contributed by atoms with Gasteiger partial charge in [-0.05, 0) is 52.7 Å². The van der Waals surface area contributed by atoms with E-state index in [1.165, 1.54) is 0 Å². The maximum atomic E-state index is 13.9. The summed E-state index contributed by atoms with van der Waals surface area (Å²) in [5.41, 5.74) is -1.46. The highest BCUT2D eigenvalue weighted by atomic mass is 16.2. The number of hydrogen-bond acceptors (Lipinski definition) is 4. The van der Waals surface area contributed by atoms with Crippen LogP contribution in [0.4, 0.5) is 0 Å². The molecule has 0 aromatic rings. The van der Waals surface area contributed by atoms with E-state index in [1.54, 1.807) is 35.1 Å². The van der Waals surface area contributed by atoms with Gasteiger partial charge in [0.2, 0.25) is 11.8 Å². The fraction of sp³-hybridized carbons (Fsp3) is 0.636. The number of carbonyl (C=O) groups is 3. The van der Waals surface area contributed by atoms with Gasteiger partial charge in [0, 0.05) is 17.8 Å². The molecule has 0 radical (unpaired) electrons. The summed E-state index contributed by atoms with van der Waals surface area (Å²) in [4.78, 5) is 46.5. The molecule has 0 aromatic heterocycles. The standard InChI is InChI=1S/C22H32N4O3/c1-21(2,3)24-19(28)15-25(16-10-6-5-7-11-16)20(29)22(4)14-18(27)23-17-12-8-9-13-26(17)22/h8-9,12-13,16H,5-7,10-11,14-15H2,1-4H3,(H,24,28)/t22-/m1/s1. The summed E-state index contributed by atoms with van der Waals surface area (Å²) in [6, 6.07) is 0.0144. The number of amides is 3. The minimum Gasteiger partial charge on any atom is -0.350 e. The SMILES string of the molecule is CC(C)(C)NC(=O)CN(C(=O)[C@@]1(C)CC(=O)N=C2C=CC=CN21)C1CCCCC1. The van der Waals surface area contributed by atoms with Gasteiger partial charge in [0.25, 0.3) is 5.91 Å². The van der Waals surface area contributed by atoms with Crippen LogP contribution in [0.15, 0.2) is 29.4 Å². The van der Waals surface area contributed by atoms with E-state index in [1.807, 2.05) is 26.8 Å². The molecule has 0 bridgehead atoms. The Morgan fingerprint density at radius 1 is 1.24 bits per heavy atom. The van der Waals surface area contributed by atoms with Crippen LogP contribution in [0.3, 0.4) is 0 Å². The van der Waals surface area contributed by atoms with Gasteiger partial charge in [-0.2, -0.15) is 4.99 Å². The fourth-order valence-electron chi connectivity index (χ4n) is 4.35. The summed E-state index contributed by atoms with van der Waals surface area (Å²) in [6.45, 7) is 7.55. The van der Waals surface area contributed by atoms with E-state index in [2.05, 4.69) is 10.3 Å². The number of fused-ring (bicyclic) bond motifs is 1. The number of hydrogen-bond donors (Lipinski definition) is 1. The molecular weight excluding hydrogens is 368 g/mol. The molecule has 1 saturated carbocycles. The first-order chi connectivity index (χ1) is 13.6. The van der Waals surface area contributed by atoms with Crippen LogP contribution in [0.25, 0.3) is 0 Å². The van der Waals surface area contributed by atoms with Crippen molar-refractivity contribution in [3.63, 3.8) is 0 Å². The van der Waals surface area contributed by atoms with Gasteiger partial charge < -0.3 is 15.1 Å². The number of nitrogens with zero attached hydrogens (tertiary/aromatic N) is 3. The molecule has 29 heavy (non-hydrogen) atoms. The van der Waals surface area contributed by atoms with Crippen molar-refractivity contribution in [1.29, 1.82) is 0 Å². The minimum absolute atomic E-state index is 0.00236. The third-order valence-corrected chi connectivity index (χ3v) is 5.67. The molecule has 3 aliphatic rings. The van der Waals surface area contributed by atoms with Crippen molar-refractivity contribution in [2.24, 2.45) is 4.99 Å². The molecule has 2 aliphatic heterocycles. The maximum Gasteiger partial charge on any atom is 0.250 e. The topological polar surface area (TPSA) is 82.1 Å². The summed E-state index contributed by atoms with van der Waals surface area (Å²) in [5, 5.41) is 2.96. The predicted octanol–water partition coefficient (Wildman–Crippen LogP) is 2.54. The van der Waals surface area contributed by atoms with E-state index >= 15 is 0 Å². The van der Waals surface area contributed by atoms with Crippen molar-refractivity contribution in [3.8, 4) is 0 Å². The Morgan fingerprint density at radius 2 is 1.93 bits per heavy atom. The van der Waals surface area contributed by atoms with Crippen molar-refractivity contribution in [2.75, 3.05) is 6.54 Å². The lowest BCUT2D eigenvalue weighted by molar-refractivity contribution is -0.149. The molecule has 1 N–H and O–H groups in total. The minimum atomic E-state index is -1.09. The van der Waals surface area contributed by atoms with Gasteiger partial charge in [-0.25, -0.2) is 0 Å². The van der Waals surface area contributed by atoms with Crippen molar-refractivity contribution in [3.05, 3.63) is 24.4 Å². The smallest absolute Gasteiger partial charge is 0.250 e. The second-order valence-electron chi connectivity index (χ2n) is 9.41. The zero-order chi connectivity index (χ0) is 21.2. The Morgan fingerprint density at radius 3 is 2.59 bits per heavy atom. The summed E-state index contributed by atoms with van der Waals surface area (Å²) >= 11 is 0. The van der Waals surface area contributed by atoms with Crippen LogP contribution in [0.2, 0.25) is 0 Å². The van der Waals surface area contributed by atoms with Gasteiger partial charge in [0.1, 0.15) is 11.4 Å². The molecule has 2 heterocycles. The first-order valence-corrected chi connectivity index (χ1v) is 10.5. The van der Waals surface area contributed by atoms with Crippen LogP contribution >= 0.6 is 0 Å². The molecule has 158 valence electrons. The van der Waals surface area contributed by atoms with Crippen LogP contribution in [-0.2, 0) is 14.4 Å². The van der Waals surface area contributed by atoms with E-state index < -0.39 is 5.54 Å². The van der Waals surface area contributed by atoms with Crippen molar-refractivity contribution < 1.29 is 14.4 Å². The highest BCUT2D eigenvalue weighted by Gasteiger charge is 2.48. The zero-order valence-electron chi connectivity index (χ0n) is 17.9. The number of rotatable bonds is 4. The summed E-state index contributed by atoms with van der Waals surface area (Å²) < 4.78 is 0. The molecule has 0 spiro atoms. The predicted molar refractivity (Wildman–Crippen MR) is 112 cm³/mol. The van der Waals surface area contributed by atoms with Crippen LogP contribution < -0.4 is 5.32 Å². The Hall–Kier alpha value is -2.44. The van der Waals surface area contributed by atoms with E-state index in [4.69, 9.17) is 0 Å². The average Bonchev–Trinajstić information content (AvgIpc) is 2.64. The number of amidine groups is 1. The molecule has 0 saturated heterocycles. The Balaban J connectivity index is 1.89. The largest absolute Gasteiger partial charge is 0.350 e. The van der Waals surface area contributed by atoms with Crippen LogP contribution in [0.1, 0.15) is 66.2 Å². The summed E-state index contributed by atoms with van der Waals surface area (Å²) in [5.74, 6) is -0.198. The second kappa shape index (κ2) is 8.13. The van der Waals surface area contributed by atoms with E-state index in [0.29, 0.717) is 5.84 Å². The highest BCUT2D eigenvalue weighted by molar-refractivity contribution is 6.09. The van der Waals surface area contributed by atoms with Gasteiger partial charge >= 0.3 is 0 Å². The molecule has 1 atom stereocenters. The normalized spacial score (nSPS) is 24.8. The molecule has 0 aromatic carbocycles. The second-order valence-corrected chi connectivity index (χ2v) is 9.41. The van der Waals surface area contributed by atoms with Crippen molar-refractivity contribution >= 4 is 23.6 Å². The summed E-state index contributed by atoms with van der Waals surface area (Å²) in [6.07, 6.45) is 12.2. The van der Waals surface area contributed by atoms with Crippen LogP contribution in [0.5, 0.6) is 0 Å². The number of allylic oxidation sites excluding steroid dienone is 2. The Kier molecular flexibility index (Phi) is 5.96. The van der Waals surface area contributed by atoms with Crippen molar-refractivity contribution in [1.82, 2.24) is 15.1 Å². The van der Waals surface area contributed by atoms with Gasteiger partial charge in [-0.1, -0.05) is 25.3 Å². The molecule has 3 amide bonds. The van der Waals surface area contributed by atoms with Gasteiger partial charge in [-0.3, -0.25) is 14.4 Å². The van der Waals surface area contributed by atoms with Crippen molar-refractivity contribution in [2.45, 2.75) is 83.3 Å². The highest BCUT2D eigenvalue weighted by Crippen LogP contribution is 2.32.